The van der Waals surface area contributed by atoms with Gasteiger partial charge in [-0.2, -0.15) is 0 Å². The van der Waals surface area contributed by atoms with Crippen molar-refractivity contribution in [2.24, 2.45) is 0 Å². The van der Waals surface area contributed by atoms with Crippen LogP contribution in [-0.2, 0) is 0 Å². The zero-order valence-corrected chi connectivity index (χ0v) is 11.0. The number of hydrogen-bond donors (Lipinski definition) is 1. The summed E-state index contributed by atoms with van der Waals surface area (Å²) in [5, 5.41) is 10.7. The molecule has 0 saturated carbocycles. The monoisotopic (exact) mass is 272 g/mol. The molecule has 2 aromatic rings. The number of nitro benzene ring substituents is 1. The molecule has 1 saturated heterocycles. The molecule has 0 aliphatic carbocycles. The van der Waals surface area contributed by atoms with Crippen molar-refractivity contribution in [3.05, 3.63) is 52.6 Å². The van der Waals surface area contributed by atoms with Crippen LogP contribution in [0.1, 0.15) is 24.6 Å². The average Bonchev–Trinajstić information content (AvgIpc) is 3.02. The van der Waals surface area contributed by atoms with Gasteiger partial charge in [-0.15, -0.1) is 0 Å². The summed E-state index contributed by atoms with van der Waals surface area (Å²) < 4.78 is 0. The third-order valence-electron chi connectivity index (χ3n) is 3.75. The summed E-state index contributed by atoms with van der Waals surface area (Å²) in [7, 11) is 0. The molecule has 104 valence electrons. The lowest BCUT2D eigenvalue weighted by Crippen LogP contribution is -2.34. The molecule has 6 heteroatoms. The number of rotatable bonds is 3. The number of piperidine rings is 1. The molecule has 0 amide bonds. The Hall–Kier alpha value is -2.37. The molecule has 1 atom stereocenters. The predicted molar refractivity (Wildman–Crippen MR) is 75.9 cm³/mol. The van der Waals surface area contributed by atoms with Crippen molar-refractivity contribution in [2.75, 3.05) is 18.0 Å². The Balaban J connectivity index is 1.75. The Morgan fingerprint density at radius 2 is 2.15 bits per heavy atom. The Labute approximate surface area is 116 Å². The van der Waals surface area contributed by atoms with Crippen molar-refractivity contribution in [3.63, 3.8) is 0 Å². The number of aromatic nitrogens is 2. The van der Waals surface area contributed by atoms with Crippen molar-refractivity contribution in [2.45, 2.75) is 18.8 Å². The number of nitro groups is 1. The van der Waals surface area contributed by atoms with Crippen LogP contribution in [0.25, 0.3) is 0 Å². The number of anilines is 1. The van der Waals surface area contributed by atoms with Crippen LogP contribution in [0, 0.1) is 10.1 Å². The Kier molecular flexibility index (Phi) is 3.37. The summed E-state index contributed by atoms with van der Waals surface area (Å²) in [4.78, 5) is 20.1. The van der Waals surface area contributed by atoms with Crippen LogP contribution in [0.5, 0.6) is 0 Å². The zero-order valence-electron chi connectivity index (χ0n) is 11.0. The molecule has 1 aliphatic rings. The second kappa shape index (κ2) is 5.32. The molecule has 1 unspecified atom stereocenters. The third-order valence-corrected chi connectivity index (χ3v) is 3.75. The maximum atomic E-state index is 10.7. The molecule has 0 spiro atoms. The lowest BCUT2D eigenvalue weighted by molar-refractivity contribution is -0.384. The summed E-state index contributed by atoms with van der Waals surface area (Å²) in [5.41, 5.74) is 1.17. The van der Waals surface area contributed by atoms with Gasteiger partial charge in [0.2, 0.25) is 0 Å². The molecule has 2 heterocycles. The van der Waals surface area contributed by atoms with Gasteiger partial charge in [-0.25, -0.2) is 4.98 Å². The molecule has 0 bridgehead atoms. The highest BCUT2D eigenvalue weighted by atomic mass is 16.6. The van der Waals surface area contributed by atoms with Crippen LogP contribution in [-0.4, -0.2) is 28.0 Å². The Morgan fingerprint density at radius 3 is 2.80 bits per heavy atom. The van der Waals surface area contributed by atoms with Crippen LogP contribution < -0.4 is 4.90 Å². The van der Waals surface area contributed by atoms with Crippen molar-refractivity contribution < 1.29 is 4.92 Å². The summed E-state index contributed by atoms with van der Waals surface area (Å²) in [6, 6.07) is 6.77. The van der Waals surface area contributed by atoms with Gasteiger partial charge in [0.25, 0.3) is 5.69 Å². The van der Waals surface area contributed by atoms with Crippen molar-refractivity contribution in [1.29, 1.82) is 0 Å². The van der Waals surface area contributed by atoms with Gasteiger partial charge < -0.3 is 9.88 Å². The van der Waals surface area contributed by atoms with Crippen LogP contribution in [0.4, 0.5) is 11.4 Å². The molecule has 6 nitrogen and oxygen atoms in total. The summed E-state index contributed by atoms with van der Waals surface area (Å²) in [5.74, 6) is 1.42. The molecule has 1 aromatic carbocycles. The number of H-pyrrole nitrogens is 1. The van der Waals surface area contributed by atoms with Gasteiger partial charge in [0.05, 0.1) is 4.92 Å². The molecule has 1 fully saturated rings. The molecule has 20 heavy (non-hydrogen) atoms. The summed E-state index contributed by atoms with van der Waals surface area (Å²) in [6.45, 7) is 1.88. The normalized spacial score (nSPS) is 19.0. The van der Waals surface area contributed by atoms with Gasteiger partial charge in [0.1, 0.15) is 5.82 Å². The van der Waals surface area contributed by atoms with E-state index in [4.69, 9.17) is 0 Å². The number of aromatic amines is 1. The number of imidazole rings is 1. The molecule has 3 rings (SSSR count). The minimum absolute atomic E-state index is 0.133. The van der Waals surface area contributed by atoms with E-state index in [1.165, 1.54) is 0 Å². The van der Waals surface area contributed by atoms with Crippen LogP contribution in [0.2, 0.25) is 0 Å². The van der Waals surface area contributed by atoms with Crippen LogP contribution in [0.3, 0.4) is 0 Å². The number of non-ortho nitro benzene ring substituents is 1. The first-order valence-corrected chi connectivity index (χ1v) is 6.73. The lowest BCUT2D eigenvalue weighted by Gasteiger charge is -2.33. The molecule has 0 radical (unpaired) electrons. The highest BCUT2D eigenvalue weighted by molar-refractivity contribution is 5.51. The number of benzene rings is 1. The first-order valence-electron chi connectivity index (χ1n) is 6.73. The predicted octanol–water partition coefficient (Wildman–Crippen LogP) is 2.70. The topological polar surface area (TPSA) is 75.1 Å². The molecule has 1 N–H and O–H groups in total. The minimum atomic E-state index is -0.369. The van der Waals surface area contributed by atoms with E-state index in [9.17, 15) is 10.1 Å². The second-order valence-electron chi connectivity index (χ2n) is 5.03. The van der Waals surface area contributed by atoms with Gasteiger partial charge in [-0.3, -0.25) is 10.1 Å². The maximum Gasteiger partial charge on any atom is 0.269 e. The fourth-order valence-corrected chi connectivity index (χ4v) is 2.72. The quantitative estimate of drug-likeness (QED) is 0.688. The molecule has 1 aliphatic heterocycles. The van der Waals surface area contributed by atoms with E-state index in [-0.39, 0.29) is 10.6 Å². The van der Waals surface area contributed by atoms with E-state index in [0.717, 1.165) is 37.4 Å². The highest BCUT2D eigenvalue weighted by Crippen LogP contribution is 2.29. The van der Waals surface area contributed by atoms with E-state index < -0.39 is 0 Å². The molecular weight excluding hydrogens is 256 g/mol. The van der Waals surface area contributed by atoms with Gasteiger partial charge in [0.15, 0.2) is 0 Å². The van der Waals surface area contributed by atoms with E-state index in [0.29, 0.717) is 5.92 Å². The fourth-order valence-electron chi connectivity index (χ4n) is 2.72. The van der Waals surface area contributed by atoms with Crippen molar-refractivity contribution >= 4 is 11.4 Å². The summed E-state index contributed by atoms with van der Waals surface area (Å²) >= 11 is 0. The van der Waals surface area contributed by atoms with Crippen molar-refractivity contribution in [3.8, 4) is 0 Å². The first-order chi connectivity index (χ1) is 9.74. The van der Waals surface area contributed by atoms with E-state index >= 15 is 0 Å². The molecular formula is C14H16N4O2. The number of nitrogens with zero attached hydrogens (tertiary/aromatic N) is 3. The molecule has 1 aromatic heterocycles. The van der Waals surface area contributed by atoms with Crippen molar-refractivity contribution in [1.82, 2.24) is 9.97 Å². The fraction of sp³-hybridized carbons (Fsp3) is 0.357. The standard InChI is InChI=1S/C14H16N4O2/c19-18(20)13-5-3-12(4-6-13)17-9-1-2-11(10-17)14-15-7-8-16-14/h3-8,11H,1-2,9-10H2,(H,15,16). The van der Waals surface area contributed by atoms with Crippen LogP contribution >= 0.6 is 0 Å². The third kappa shape index (κ3) is 2.49. The SMILES string of the molecule is O=[N+]([O-])c1ccc(N2CCCC(c3ncc[nH]3)C2)cc1. The van der Waals surface area contributed by atoms with E-state index in [2.05, 4.69) is 14.9 Å². The van der Waals surface area contributed by atoms with Gasteiger partial charge >= 0.3 is 0 Å². The highest BCUT2D eigenvalue weighted by Gasteiger charge is 2.23. The minimum Gasteiger partial charge on any atom is -0.371 e. The maximum absolute atomic E-state index is 10.7. The van der Waals surface area contributed by atoms with E-state index in [1.807, 2.05) is 18.3 Å². The smallest absolute Gasteiger partial charge is 0.269 e. The largest absolute Gasteiger partial charge is 0.371 e. The Bertz CT molecular complexity index is 580. The van der Waals surface area contributed by atoms with Gasteiger partial charge in [-0.05, 0) is 25.0 Å². The first kappa shape index (κ1) is 12.7. The van der Waals surface area contributed by atoms with Gasteiger partial charge in [-0.1, -0.05) is 0 Å². The van der Waals surface area contributed by atoms with E-state index in [1.54, 1.807) is 18.3 Å². The summed E-state index contributed by atoms with van der Waals surface area (Å²) in [6.07, 6.45) is 5.85. The van der Waals surface area contributed by atoms with Gasteiger partial charge in [0, 0.05) is 49.2 Å². The Morgan fingerprint density at radius 1 is 1.35 bits per heavy atom. The average molecular weight is 272 g/mol. The number of nitrogens with one attached hydrogen (secondary N) is 1. The zero-order chi connectivity index (χ0) is 13.9. The number of hydrogen-bond acceptors (Lipinski definition) is 4. The lowest BCUT2D eigenvalue weighted by atomic mass is 9.97. The second-order valence-corrected chi connectivity index (χ2v) is 5.03. The van der Waals surface area contributed by atoms with Crippen LogP contribution in [0.15, 0.2) is 36.7 Å².